The molecule has 0 saturated carbocycles. The van der Waals surface area contributed by atoms with E-state index >= 15 is 0 Å². The summed E-state index contributed by atoms with van der Waals surface area (Å²) < 4.78 is 0. The molecule has 0 bridgehead atoms. The van der Waals surface area contributed by atoms with Crippen molar-refractivity contribution in [1.29, 1.82) is 0 Å². The average Bonchev–Trinajstić information content (AvgIpc) is 3.00. The lowest BCUT2D eigenvalue weighted by atomic mass is 9.90. The van der Waals surface area contributed by atoms with Crippen LogP contribution in [0.3, 0.4) is 0 Å². The summed E-state index contributed by atoms with van der Waals surface area (Å²) >= 11 is 0. The molecule has 176 valence electrons. The molecule has 6 aromatic carbocycles. The van der Waals surface area contributed by atoms with Gasteiger partial charge in [0, 0.05) is 38.9 Å². The van der Waals surface area contributed by atoms with E-state index in [1.54, 1.807) is 0 Å². The van der Waals surface area contributed by atoms with Crippen LogP contribution < -0.4 is 0 Å². The van der Waals surface area contributed by atoms with Gasteiger partial charge >= 0.3 is 0 Å². The van der Waals surface area contributed by atoms with Gasteiger partial charge in [0.15, 0.2) is 5.82 Å². The Hall–Kier alpha value is -5.15. The number of pyridine rings is 1. The summed E-state index contributed by atoms with van der Waals surface area (Å²) in [6.45, 7) is 0. The zero-order chi connectivity index (χ0) is 25.1. The normalized spacial score (nSPS) is 11.7. The number of nitrogens with zero attached hydrogens (tertiary/aromatic N) is 3. The number of hydrogen-bond donors (Lipinski definition) is 0. The van der Waals surface area contributed by atoms with Crippen LogP contribution in [0.2, 0.25) is 0 Å². The first kappa shape index (κ1) is 21.0. The van der Waals surface area contributed by atoms with Crippen molar-refractivity contribution in [3.05, 3.63) is 128 Å². The topological polar surface area (TPSA) is 38.7 Å². The van der Waals surface area contributed by atoms with Gasteiger partial charge in [0.25, 0.3) is 0 Å². The van der Waals surface area contributed by atoms with E-state index in [0.29, 0.717) is 0 Å². The SMILES string of the molecule is c1ccc2nc(-c3ccc(-c4nc5ccccc5c5c6ccccc6c6ccccc6c45)cc3)ncc2c1. The van der Waals surface area contributed by atoms with E-state index < -0.39 is 0 Å². The van der Waals surface area contributed by atoms with Crippen LogP contribution in [0.5, 0.6) is 0 Å². The molecule has 0 saturated heterocycles. The Morgan fingerprint density at radius 3 is 1.68 bits per heavy atom. The van der Waals surface area contributed by atoms with Crippen molar-refractivity contribution in [3.63, 3.8) is 0 Å². The first-order chi connectivity index (χ1) is 18.8. The van der Waals surface area contributed by atoms with Crippen LogP contribution in [0.25, 0.3) is 76.8 Å². The number of rotatable bonds is 2. The largest absolute Gasteiger partial charge is 0.247 e. The maximum Gasteiger partial charge on any atom is 0.159 e. The van der Waals surface area contributed by atoms with Crippen LogP contribution in [0, 0.1) is 0 Å². The minimum absolute atomic E-state index is 0.725. The summed E-state index contributed by atoms with van der Waals surface area (Å²) in [7, 11) is 0. The minimum Gasteiger partial charge on any atom is -0.247 e. The molecule has 0 fully saturated rings. The van der Waals surface area contributed by atoms with Gasteiger partial charge in [-0.2, -0.15) is 0 Å². The molecule has 2 aromatic heterocycles. The third-order valence-electron chi connectivity index (χ3n) is 7.48. The summed E-state index contributed by atoms with van der Waals surface area (Å²) in [6, 6.07) is 42.4. The fraction of sp³-hybridized carbons (Fsp3) is 0. The van der Waals surface area contributed by atoms with Crippen molar-refractivity contribution in [3.8, 4) is 22.6 Å². The van der Waals surface area contributed by atoms with Crippen LogP contribution in [-0.2, 0) is 0 Å². The smallest absolute Gasteiger partial charge is 0.159 e. The van der Waals surface area contributed by atoms with Gasteiger partial charge in [0.1, 0.15) is 0 Å². The Morgan fingerprint density at radius 2 is 0.947 bits per heavy atom. The highest BCUT2D eigenvalue weighted by molar-refractivity contribution is 6.33. The first-order valence-electron chi connectivity index (χ1n) is 12.8. The van der Waals surface area contributed by atoms with Crippen molar-refractivity contribution in [2.24, 2.45) is 0 Å². The molecule has 0 N–H and O–H groups in total. The predicted octanol–water partition coefficient (Wildman–Crippen LogP) is 8.97. The first-order valence-corrected chi connectivity index (χ1v) is 12.8. The van der Waals surface area contributed by atoms with Crippen LogP contribution in [0.1, 0.15) is 0 Å². The Bertz CT molecular complexity index is 2180. The van der Waals surface area contributed by atoms with Crippen LogP contribution in [0.15, 0.2) is 128 Å². The fourth-order valence-electron chi connectivity index (χ4n) is 5.72. The molecule has 0 spiro atoms. The highest BCUT2D eigenvalue weighted by atomic mass is 14.9. The van der Waals surface area contributed by atoms with E-state index in [4.69, 9.17) is 9.97 Å². The van der Waals surface area contributed by atoms with E-state index in [1.165, 1.54) is 37.7 Å². The third kappa shape index (κ3) is 3.12. The van der Waals surface area contributed by atoms with E-state index in [2.05, 4.69) is 102 Å². The van der Waals surface area contributed by atoms with E-state index in [1.807, 2.05) is 30.5 Å². The highest BCUT2D eigenvalue weighted by Crippen LogP contribution is 2.42. The van der Waals surface area contributed by atoms with Gasteiger partial charge < -0.3 is 0 Å². The van der Waals surface area contributed by atoms with Crippen molar-refractivity contribution in [2.45, 2.75) is 0 Å². The van der Waals surface area contributed by atoms with Crippen LogP contribution in [0.4, 0.5) is 0 Å². The van der Waals surface area contributed by atoms with Gasteiger partial charge in [-0.1, -0.05) is 109 Å². The van der Waals surface area contributed by atoms with Crippen molar-refractivity contribution < 1.29 is 0 Å². The van der Waals surface area contributed by atoms with Gasteiger partial charge in [-0.3, -0.25) is 0 Å². The molecular weight excluding hydrogens is 462 g/mol. The molecule has 0 aliphatic rings. The van der Waals surface area contributed by atoms with E-state index in [9.17, 15) is 0 Å². The molecule has 2 heterocycles. The highest BCUT2D eigenvalue weighted by Gasteiger charge is 2.17. The molecule has 38 heavy (non-hydrogen) atoms. The molecule has 0 unspecified atom stereocenters. The molecule has 3 nitrogen and oxygen atoms in total. The Kier molecular flexibility index (Phi) is 4.52. The summed E-state index contributed by atoms with van der Waals surface area (Å²) in [6.07, 6.45) is 1.89. The third-order valence-corrected chi connectivity index (χ3v) is 7.48. The van der Waals surface area contributed by atoms with Crippen LogP contribution in [-0.4, -0.2) is 15.0 Å². The second-order valence-electron chi connectivity index (χ2n) is 9.65. The number of hydrogen-bond acceptors (Lipinski definition) is 3. The minimum atomic E-state index is 0.725. The Morgan fingerprint density at radius 1 is 0.395 bits per heavy atom. The molecule has 0 amide bonds. The molecule has 8 aromatic rings. The second-order valence-corrected chi connectivity index (χ2v) is 9.65. The summed E-state index contributed by atoms with van der Waals surface area (Å²) in [5, 5.41) is 9.64. The standard InChI is InChI=1S/C35H21N3/c1-7-15-30-24(9-1)21-36-35(38-30)23-19-17-22(18-20-23)34-33-28-13-5-3-11-26(28)25-10-2-4-12-27(25)32(33)29-14-6-8-16-31(29)37-34/h1-21H. The van der Waals surface area contributed by atoms with Gasteiger partial charge in [0.05, 0.1) is 16.7 Å². The zero-order valence-electron chi connectivity index (χ0n) is 20.5. The van der Waals surface area contributed by atoms with Gasteiger partial charge in [-0.15, -0.1) is 0 Å². The summed E-state index contributed by atoms with van der Waals surface area (Å²) in [5.74, 6) is 0.725. The Balaban J connectivity index is 1.42. The van der Waals surface area contributed by atoms with Crippen LogP contribution >= 0.6 is 0 Å². The fourth-order valence-corrected chi connectivity index (χ4v) is 5.72. The molecule has 3 heteroatoms. The number of para-hydroxylation sites is 2. The summed E-state index contributed by atoms with van der Waals surface area (Å²) in [5.41, 5.74) is 5.00. The molecule has 0 atom stereocenters. The van der Waals surface area contributed by atoms with E-state index in [-0.39, 0.29) is 0 Å². The number of benzene rings is 6. The maximum atomic E-state index is 5.24. The molecule has 0 aliphatic heterocycles. The maximum absolute atomic E-state index is 5.24. The number of fused-ring (bicyclic) bond motifs is 9. The van der Waals surface area contributed by atoms with Crippen molar-refractivity contribution in [2.75, 3.05) is 0 Å². The molecule has 8 rings (SSSR count). The quantitative estimate of drug-likeness (QED) is 0.230. The van der Waals surface area contributed by atoms with Gasteiger partial charge in [-0.05, 0) is 33.7 Å². The van der Waals surface area contributed by atoms with Gasteiger partial charge in [-0.25, -0.2) is 15.0 Å². The predicted molar refractivity (Wildman–Crippen MR) is 158 cm³/mol. The monoisotopic (exact) mass is 483 g/mol. The molecular formula is C35H21N3. The lowest BCUT2D eigenvalue weighted by Crippen LogP contribution is -1.93. The average molecular weight is 484 g/mol. The van der Waals surface area contributed by atoms with Crippen molar-refractivity contribution in [1.82, 2.24) is 15.0 Å². The molecule has 0 radical (unpaired) electrons. The Labute approximate surface area is 219 Å². The zero-order valence-corrected chi connectivity index (χ0v) is 20.5. The lowest BCUT2D eigenvalue weighted by Gasteiger charge is -2.16. The number of aromatic nitrogens is 3. The van der Waals surface area contributed by atoms with Crippen molar-refractivity contribution >= 4 is 54.1 Å². The molecule has 0 aliphatic carbocycles. The second kappa shape index (κ2) is 8.19. The van der Waals surface area contributed by atoms with E-state index in [0.717, 1.165) is 39.1 Å². The van der Waals surface area contributed by atoms with Gasteiger partial charge in [0.2, 0.25) is 0 Å². The summed E-state index contributed by atoms with van der Waals surface area (Å²) in [4.78, 5) is 14.6. The lowest BCUT2D eigenvalue weighted by molar-refractivity contribution is 1.23.